The van der Waals surface area contributed by atoms with Crippen LogP contribution in [0.5, 0.6) is 0 Å². The Balaban J connectivity index is 2.01. The Kier molecular flexibility index (Phi) is 4.20. The predicted octanol–water partition coefficient (Wildman–Crippen LogP) is 6.14. The van der Waals surface area contributed by atoms with Gasteiger partial charge in [-0.15, -0.1) is 0 Å². The van der Waals surface area contributed by atoms with Crippen LogP contribution in [0.15, 0.2) is 53.1 Å². The number of pyridine rings is 1. The number of aryl methyl sites for hydroxylation is 2. The molecular formula is C24H23N2O+. The summed E-state index contributed by atoms with van der Waals surface area (Å²) in [4.78, 5) is 3.72. The first-order chi connectivity index (χ1) is 13.0. The molecule has 0 atom stereocenters. The smallest absolute Gasteiger partial charge is 0.212 e. The summed E-state index contributed by atoms with van der Waals surface area (Å²) in [5, 5.41) is 2.20. The van der Waals surface area contributed by atoms with Gasteiger partial charge < -0.3 is 4.42 Å². The first-order valence-electron chi connectivity index (χ1n) is 9.30. The molecule has 0 saturated carbocycles. The van der Waals surface area contributed by atoms with E-state index in [0.717, 1.165) is 33.9 Å². The van der Waals surface area contributed by atoms with Gasteiger partial charge in [-0.2, -0.15) is 0 Å². The number of hydrogen-bond donors (Lipinski definition) is 0. The van der Waals surface area contributed by atoms with Gasteiger partial charge in [-0.1, -0.05) is 19.9 Å². The Hall–Kier alpha value is -3.12. The normalized spacial score (nSPS) is 11.4. The minimum atomic E-state index is 0.502. The fraction of sp³-hybridized carbons (Fsp3) is 0.250. The molecule has 134 valence electrons. The van der Waals surface area contributed by atoms with Gasteiger partial charge in [-0.3, -0.25) is 0 Å². The van der Waals surface area contributed by atoms with E-state index in [9.17, 15) is 0 Å². The molecule has 0 aliphatic heterocycles. The van der Waals surface area contributed by atoms with Gasteiger partial charge in [0.15, 0.2) is 11.9 Å². The van der Waals surface area contributed by atoms with Gasteiger partial charge >= 0.3 is 0 Å². The first-order valence-corrected chi connectivity index (χ1v) is 9.30. The molecule has 2 aromatic heterocycles. The average molecular weight is 355 g/mol. The molecule has 0 aliphatic carbocycles. The Morgan fingerprint density at radius 2 is 1.81 bits per heavy atom. The first kappa shape index (κ1) is 17.3. The van der Waals surface area contributed by atoms with Crippen LogP contribution in [-0.4, -0.2) is 0 Å². The summed E-state index contributed by atoms with van der Waals surface area (Å²) >= 11 is 0. The van der Waals surface area contributed by atoms with Crippen molar-refractivity contribution in [1.82, 2.24) is 0 Å². The highest BCUT2D eigenvalue weighted by Gasteiger charge is 2.17. The molecule has 2 heterocycles. The molecule has 0 aliphatic rings. The van der Waals surface area contributed by atoms with Crippen molar-refractivity contribution in [2.75, 3.05) is 0 Å². The van der Waals surface area contributed by atoms with Crippen LogP contribution in [0.2, 0.25) is 0 Å². The summed E-state index contributed by atoms with van der Waals surface area (Å²) in [6.45, 7) is 14.0. The van der Waals surface area contributed by atoms with E-state index < -0.39 is 0 Å². The van der Waals surface area contributed by atoms with E-state index in [1.54, 1.807) is 0 Å². The maximum atomic E-state index is 7.52. The Labute approximate surface area is 159 Å². The minimum Gasteiger partial charge on any atom is -0.457 e. The third-order valence-electron chi connectivity index (χ3n) is 5.10. The van der Waals surface area contributed by atoms with Gasteiger partial charge in [-0.05, 0) is 54.7 Å². The lowest BCUT2D eigenvalue weighted by atomic mass is 9.97. The van der Waals surface area contributed by atoms with Crippen molar-refractivity contribution in [1.29, 1.82) is 0 Å². The lowest BCUT2D eigenvalue weighted by Gasteiger charge is -2.07. The summed E-state index contributed by atoms with van der Waals surface area (Å²) < 4.78 is 8.24. The van der Waals surface area contributed by atoms with Gasteiger partial charge in [0.25, 0.3) is 0 Å². The van der Waals surface area contributed by atoms with Crippen LogP contribution in [-0.2, 0) is 13.5 Å². The van der Waals surface area contributed by atoms with Gasteiger partial charge in [-0.25, -0.2) is 9.41 Å². The highest BCUT2D eigenvalue weighted by molar-refractivity contribution is 6.07. The van der Waals surface area contributed by atoms with Crippen molar-refractivity contribution in [3.8, 4) is 11.3 Å². The molecule has 0 radical (unpaired) electrons. The van der Waals surface area contributed by atoms with Crippen molar-refractivity contribution in [2.24, 2.45) is 13.0 Å². The van der Waals surface area contributed by atoms with Gasteiger partial charge in [0.1, 0.15) is 18.2 Å². The van der Waals surface area contributed by atoms with E-state index >= 15 is 0 Å². The van der Waals surface area contributed by atoms with E-state index in [0.29, 0.717) is 11.6 Å². The zero-order chi connectivity index (χ0) is 19.1. The molecule has 27 heavy (non-hydrogen) atoms. The van der Waals surface area contributed by atoms with E-state index in [1.807, 2.05) is 12.1 Å². The summed E-state index contributed by atoms with van der Waals surface area (Å²) in [5.74, 6) is 0.502. The third kappa shape index (κ3) is 2.98. The molecular weight excluding hydrogens is 332 g/mol. The van der Waals surface area contributed by atoms with Crippen LogP contribution < -0.4 is 4.57 Å². The SMILES string of the molecule is [C-]#[N+]c1cc2oc3cc(C)c(-c4cccc[n+]4C)cc3c2cc1CC(C)C. The second kappa shape index (κ2) is 6.55. The largest absolute Gasteiger partial charge is 0.457 e. The highest BCUT2D eigenvalue weighted by Crippen LogP contribution is 2.37. The molecule has 0 bridgehead atoms. The molecule has 4 aromatic rings. The van der Waals surface area contributed by atoms with Crippen LogP contribution >= 0.6 is 0 Å². The number of aromatic nitrogens is 1. The number of nitrogens with zero attached hydrogens (tertiary/aromatic N) is 2. The van der Waals surface area contributed by atoms with Crippen molar-refractivity contribution in [3.63, 3.8) is 0 Å². The topological polar surface area (TPSA) is 21.4 Å². The molecule has 3 nitrogen and oxygen atoms in total. The third-order valence-corrected chi connectivity index (χ3v) is 5.10. The Morgan fingerprint density at radius 3 is 2.52 bits per heavy atom. The van der Waals surface area contributed by atoms with Crippen molar-refractivity contribution in [3.05, 3.63) is 71.2 Å². The number of furan rings is 1. The summed E-state index contributed by atoms with van der Waals surface area (Å²) in [6, 6.07) is 14.6. The number of benzene rings is 2. The minimum absolute atomic E-state index is 0.502. The fourth-order valence-electron chi connectivity index (χ4n) is 3.79. The van der Waals surface area contributed by atoms with Gasteiger partial charge in [0.05, 0.1) is 6.57 Å². The van der Waals surface area contributed by atoms with Crippen LogP contribution in [0.3, 0.4) is 0 Å². The molecule has 0 amide bonds. The molecule has 0 saturated heterocycles. The second-order valence-electron chi connectivity index (χ2n) is 7.65. The molecule has 3 heteroatoms. The second-order valence-corrected chi connectivity index (χ2v) is 7.65. The molecule has 0 fully saturated rings. The average Bonchev–Trinajstić information content (AvgIpc) is 2.96. The van der Waals surface area contributed by atoms with Crippen LogP contribution in [0.25, 0.3) is 38.0 Å². The summed E-state index contributed by atoms with van der Waals surface area (Å²) in [6.07, 6.45) is 2.96. The summed E-state index contributed by atoms with van der Waals surface area (Å²) in [5.41, 5.74) is 7.01. The van der Waals surface area contributed by atoms with Crippen LogP contribution in [0, 0.1) is 19.4 Å². The maximum absolute atomic E-state index is 7.52. The summed E-state index contributed by atoms with van der Waals surface area (Å²) in [7, 11) is 2.06. The Morgan fingerprint density at radius 1 is 1.07 bits per heavy atom. The van der Waals surface area contributed by atoms with Gasteiger partial charge in [0, 0.05) is 28.5 Å². The fourth-order valence-corrected chi connectivity index (χ4v) is 3.79. The molecule has 4 rings (SSSR count). The standard InChI is InChI=1S/C24H23N2O/c1-15(2)10-17-12-19-20-13-18(22-8-6-7-9-26(22)5)16(3)11-23(20)27-24(19)14-21(17)25-4/h6-9,11-15H,10H2,1-3,5H3/q+1. The zero-order valence-corrected chi connectivity index (χ0v) is 16.2. The van der Waals surface area contributed by atoms with E-state index in [4.69, 9.17) is 11.0 Å². The van der Waals surface area contributed by atoms with Crippen molar-refractivity contribution in [2.45, 2.75) is 27.2 Å². The molecule has 2 aromatic carbocycles. The Bertz CT molecular complexity index is 1210. The number of fused-ring (bicyclic) bond motifs is 3. The van der Waals surface area contributed by atoms with Crippen LogP contribution in [0.1, 0.15) is 25.0 Å². The number of hydrogen-bond acceptors (Lipinski definition) is 1. The van der Waals surface area contributed by atoms with E-state index in [-0.39, 0.29) is 0 Å². The predicted molar refractivity (Wildman–Crippen MR) is 110 cm³/mol. The zero-order valence-electron chi connectivity index (χ0n) is 16.2. The molecule has 0 unspecified atom stereocenters. The van der Waals surface area contributed by atoms with Crippen molar-refractivity contribution >= 4 is 27.6 Å². The van der Waals surface area contributed by atoms with Crippen LogP contribution in [0.4, 0.5) is 5.69 Å². The molecule has 0 spiro atoms. The quantitative estimate of drug-likeness (QED) is 0.320. The molecule has 0 N–H and O–H groups in total. The van der Waals surface area contributed by atoms with E-state index in [1.165, 1.54) is 16.8 Å². The monoisotopic (exact) mass is 355 g/mol. The number of rotatable bonds is 3. The maximum Gasteiger partial charge on any atom is 0.212 e. The lowest BCUT2D eigenvalue weighted by molar-refractivity contribution is -0.660. The highest BCUT2D eigenvalue weighted by atomic mass is 16.3. The van der Waals surface area contributed by atoms with Gasteiger partial charge in [0.2, 0.25) is 5.69 Å². The van der Waals surface area contributed by atoms with Crippen molar-refractivity contribution < 1.29 is 8.98 Å². The van der Waals surface area contributed by atoms with E-state index in [2.05, 4.69) is 73.8 Å². The lowest BCUT2D eigenvalue weighted by Crippen LogP contribution is -2.30.